The Morgan fingerprint density at radius 3 is 2.25 bits per heavy atom. The zero-order valence-corrected chi connectivity index (χ0v) is 7.11. The van der Waals surface area contributed by atoms with Crippen LogP contribution in [0.3, 0.4) is 0 Å². The fraction of sp³-hybridized carbons (Fsp3) is 0.167. The van der Waals surface area contributed by atoms with E-state index in [-0.39, 0.29) is 0 Å². The zero-order valence-electron chi connectivity index (χ0n) is 7.11. The lowest BCUT2D eigenvalue weighted by atomic mass is 10.2. The maximum Gasteiger partial charge on any atom is -0.0157 e. The minimum atomic E-state index is 0.957. The molecule has 0 N–H and O–H groups in total. The molecule has 0 heteroatoms. The number of hydrogen-bond donors (Lipinski definition) is 0. The molecule has 61 valence electrons. The molecule has 0 atom stereocenters. The summed E-state index contributed by atoms with van der Waals surface area (Å²) < 4.78 is 0. The Morgan fingerprint density at radius 1 is 0.750 bits per heavy atom. The molecule has 12 heavy (non-hydrogen) atoms. The molecule has 0 saturated heterocycles. The van der Waals surface area contributed by atoms with Crippen LogP contribution >= 0.6 is 0 Å². The van der Waals surface area contributed by atoms with Gasteiger partial charge >= 0.3 is 0 Å². The molecule has 1 aliphatic rings. The van der Waals surface area contributed by atoms with Gasteiger partial charge < -0.3 is 0 Å². The van der Waals surface area contributed by atoms with Crippen LogP contribution in [0.4, 0.5) is 0 Å². The van der Waals surface area contributed by atoms with E-state index in [2.05, 4.69) is 36.5 Å². The maximum atomic E-state index is 3.07. The quantitative estimate of drug-likeness (QED) is 0.505. The van der Waals surface area contributed by atoms with Crippen LogP contribution in [-0.4, -0.2) is 0 Å². The largest absolute Gasteiger partial charge is 0.0808 e. The van der Waals surface area contributed by atoms with Gasteiger partial charge in [-0.1, -0.05) is 54.7 Å². The van der Waals surface area contributed by atoms with E-state index in [1.54, 1.807) is 0 Å². The molecule has 0 aromatic carbocycles. The molecule has 0 aromatic heterocycles. The van der Waals surface area contributed by atoms with Crippen LogP contribution < -0.4 is 0 Å². The first-order chi connectivity index (χ1) is 6.00. The van der Waals surface area contributed by atoms with E-state index in [4.69, 9.17) is 0 Å². The lowest BCUT2D eigenvalue weighted by molar-refractivity contribution is 1.36. The van der Waals surface area contributed by atoms with Crippen molar-refractivity contribution in [2.24, 2.45) is 0 Å². The Morgan fingerprint density at radius 2 is 1.42 bits per heavy atom. The Hall–Kier alpha value is -1.30. The van der Waals surface area contributed by atoms with Crippen molar-refractivity contribution in [3.8, 4) is 0 Å². The van der Waals surface area contributed by atoms with Gasteiger partial charge in [0.15, 0.2) is 0 Å². The van der Waals surface area contributed by atoms with Crippen molar-refractivity contribution in [2.75, 3.05) is 0 Å². The highest BCUT2D eigenvalue weighted by molar-refractivity contribution is 5.12. The lowest BCUT2D eigenvalue weighted by Crippen LogP contribution is -1.62. The highest BCUT2D eigenvalue weighted by Gasteiger charge is 1.72. The Kier molecular flexibility index (Phi) is 4.70. The molecular formula is C12H13. The first-order valence-corrected chi connectivity index (χ1v) is 4.21. The molecule has 0 aromatic rings. The van der Waals surface area contributed by atoms with Gasteiger partial charge in [0.2, 0.25) is 0 Å². The predicted octanol–water partition coefficient (Wildman–Crippen LogP) is 3.36. The van der Waals surface area contributed by atoms with E-state index in [0.717, 1.165) is 12.8 Å². The highest BCUT2D eigenvalue weighted by atomic mass is 13.8. The van der Waals surface area contributed by atoms with Crippen LogP contribution in [-0.2, 0) is 0 Å². The van der Waals surface area contributed by atoms with Crippen LogP contribution in [0.2, 0.25) is 0 Å². The Balaban J connectivity index is 2.55. The zero-order chi connectivity index (χ0) is 8.49. The maximum absolute atomic E-state index is 3.07. The topological polar surface area (TPSA) is 0 Å². The van der Waals surface area contributed by atoms with E-state index in [1.807, 2.05) is 24.3 Å². The molecule has 1 rings (SSSR count). The third-order valence-electron chi connectivity index (χ3n) is 1.47. The van der Waals surface area contributed by atoms with Crippen molar-refractivity contribution in [3.63, 3.8) is 0 Å². The van der Waals surface area contributed by atoms with Crippen LogP contribution in [0, 0.1) is 6.08 Å². The van der Waals surface area contributed by atoms with Gasteiger partial charge in [-0.05, 0) is 18.9 Å². The first-order valence-electron chi connectivity index (χ1n) is 4.21. The van der Waals surface area contributed by atoms with Crippen LogP contribution in [0.25, 0.3) is 0 Å². The molecule has 0 spiro atoms. The summed E-state index contributed by atoms with van der Waals surface area (Å²) in [5.41, 5.74) is 0. The van der Waals surface area contributed by atoms with E-state index in [0.29, 0.717) is 0 Å². The molecule has 0 unspecified atom stereocenters. The van der Waals surface area contributed by atoms with Crippen molar-refractivity contribution < 1.29 is 0 Å². The summed E-state index contributed by atoms with van der Waals surface area (Å²) in [7, 11) is 0. The fourth-order valence-electron chi connectivity index (χ4n) is 0.865. The standard InChI is InChI=1S/C12H13/c1-2-4-6-8-10-12-11-9-7-5-3-1/h1-4,7-9,11-12H,5-6H2/b3-1-,4-2+,9-7+,10-8?,12-11+. The third kappa shape index (κ3) is 4.51. The van der Waals surface area contributed by atoms with Crippen molar-refractivity contribution in [1.82, 2.24) is 0 Å². The van der Waals surface area contributed by atoms with Gasteiger partial charge in [0.25, 0.3) is 0 Å². The summed E-state index contributed by atoms with van der Waals surface area (Å²) in [4.78, 5) is 0. The summed E-state index contributed by atoms with van der Waals surface area (Å²) in [5.74, 6) is 0. The van der Waals surface area contributed by atoms with Gasteiger partial charge in [0, 0.05) is 0 Å². The van der Waals surface area contributed by atoms with Crippen LogP contribution in [0.1, 0.15) is 12.8 Å². The molecule has 0 saturated carbocycles. The van der Waals surface area contributed by atoms with Gasteiger partial charge in [-0.3, -0.25) is 0 Å². The molecule has 0 heterocycles. The van der Waals surface area contributed by atoms with E-state index < -0.39 is 0 Å². The Labute approximate surface area is 74.3 Å². The molecule has 1 aliphatic carbocycles. The normalized spacial score (nSPS) is 30.7. The lowest BCUT2D eigenvalue weighted by Gasteiger charge is -1.82. The fourth-order valence-corrected chi connectivity index (χ4v) is 0.865. The first kappa shape index (κ1) is 8.79. The predicted molar refractivity (Wildman–Crippen MR) is 53.6 cm³/mol. The summed E-state index contributed by atoms with van der Waals surface area (Å²) in [6, 6.07) is 0. The second-order valence-electron chi connectivity index (χ2n) is 2.49. The van der Waals surface area contributed by atoms with Gasteiger partial charge in [-0.25, -0.2) is 0 Å². The molecule has 0 bridgehead atoms. The van der Waals surface area contributed by atoms with Crippen molar-refractivity contribution in [2.45, 2.75) is 12.8 Å². The minimum Gasteiger partial charge on any atom is -0.0808 e. The smallest absolute Gasteiger partial charge is 0.0157 e. The summed E-state index contributed by atoms with van der Waals surface area (Å²) in [5, 5.41) is 0. The number of allylic oxidation sites excluding steroid dienone is 10. The van der Waals surface area contributed by atoms with Gasteiger partial charge in [0.1, 0.15) is 0 Å². The van der Waals surface area contributed by atoms with Gasteiger partial charge in [-0.2, -0.15) is 0 Å². The van der Waals surface area contributed by atoms with Crippen LogP contribution in [0.5, 0.6) is 0 Å². The highest BCUT2D eigenvalue weighted by Crippen LogP contribution is 1.92. The van der Waals surface area contributed by atoms with E-state index >= 15 is 0 Å². The van der Waals surface area contributed by atoms with Crippen LogP contribution in [0.15, 0.2) is 54.7 Å². The van der Waals surface area contributed by atoms with Crippen molar-refractivity contribution in [1.29, 1.82) is 0 Å². The molecular weight excluding hydrogens is 144 g/mol. The molecule has 0 amide bonds. The van der Waals surface area contributed by atoms with E-state index in [9.17, 15) is 0 Å². The molecule has 0 nitrogen and oxygen atoms in total. The van der Waals surface area contributed by atoms with Gasteiger partial charge in [-0.15, -0.1) is 0 Å². The average molecular weight is 157 g/mol. The summed E-state index contributed by atoms with van der Waals surface area (Å²) in [6.45, 7) is 0. The summed E-state index contributed by atoms with van der Waals surface area (Å²) in [6.07, 6.45) is 23.5. The van der Waals surface area contributed by atoms with Crippen molar-refractivity contribution in [3.05, 3.63) is 60.8 Å². The second-order valence-corrected chi connectivity index (χ2v) is 2.49. The van der Waals surface area contributed by atoms with Crippen molar-refractivity contribution >= 4 is 0 Å². The minimum absolute atomic E-state index is 0.957. The van der Waals surface area contributed by atoms with Gasteiger partial charge in [0.05, 0.1) is 0 Å². The monoisotopic (exact) mass is 157 g/mol. The SMILES string of the molecule is [C]1=C\C/C=C/C=C\C/C=C/C=C/1. The number of hydrogen-bond acceptors (Lipinski definition) is 0. The summed E-state index contributed by atoms with van der Waals surface area (Å²) >= 11 is 0. The third-order valence-corrected chi connectivity index (χ3v) is 1.47. The number of rotatable bonds is 0. The molecule has 0 aliphatic heterocycles. The second kappa shape index (κ2) is 6.41. The molecule has 1 radical (unpaired) electrons. The van der Waals surface area contributed by atoms with E-state index in [1.165, 1.54) is 0 Å². The average Bonchev–Trinajstić information content (AvgIpc) is 2.05. The molecule has 0 fully saturated rings. The Bertz CT molecular complexity index is 211.